The highest BCUT2D eigenvalue weighted by Gasteiger charge is 2.19. The quantitative estimate of drug-likeness (QED) is 0.501. The lowest BCUT2D eigenvalue weighted by Gasteiger charge is -2.18. The van der Waals surface area contributed by atoms with Crippen LogP contribution in [0.3, 0.4) is 0 Å². The molecule has 0 aliphatic heterocycles. The first-order chi connectivity index (χ1) is 15.4. The van der Waals surface area contributed by atoms with Crippen molar-refractivity contribution in [1.29, 1.82) is 0 Å². The Hall–Kier alpha value is -4.07. The third-order valence-corrected chi connectivity index (χ3v) is 4.92. The van der Waals surface area contributed by atoms with E-state index >= 15 is 0 Å². The first-order valence-electron chi connectivity index (χ1n) is 10.0. The Kier molecular flexibility index (Phi) is 7.28. The molecule has 0 bridgehead atoms. The lowest BCUT2D eigenvalue weighted by molar-refractivity contribution is -0.137. The predicted molar refractivity (Wildman–Crippen MR) is 121 cm³/mol. The van der Waals surface area contributed by atoms with Gasteiger partial charge in [0.15, 0.2) is 0 Å². The monoisotopic (exact) mass is 435 g/mol. The number of aryl methyl sites for hydroxylation is 1. The molecule has 166 valence electrons. The number of rotatable bonds is 8. The molecule has 3 aromatic rings. The smallest absolute Gasteiger partial charge is 0.319 e. The number of hydrogen-bond donors (Lipinski definition) is 3. The van der Waals surface area contributed by atoms with Gasteiger partial charge in [0.1, 0.15) is 11.4 Å². The highest BCUT2D eigenvalue weighted by molar-refractivity contribution is 5.89. The van der Waals surface area contributed by atoms with Gasteiger partial charge in [-0.25, -0.2) is 4.79 Å². The number of benzene rings is 2. The second-order valence-electron chi connectivity index (χ2n) is 7.37. The zero-order valence-corrected chi connectivity index (χ0v) is 17.9. The Morgan fingerprint density at radius 2 is 1.84 bits per heavy atom. The molecule has 8 nitrogen and oxygen atoms in total. The van der Waals surface area contributed by atoms with Crippen LogP contribution >= 0.6 is 0 Å². The van der Waals surface area contributed by atoms with E-state index in [4.69, 9.17) is 4.74 Å². The van der Waals surface area contributed by atoms with E-state index in [-0.39, 0.29) is 17.7 Å². The molecule has 2 aromatic carbocycles. The first-order valence-corrected chi connectivity index (χ1v) is 10.0. The molecule has 3 N–H and O–H groups in total. The standard InChI is InChI=1S/C24H25N3O5/c1-16-8-10-18(11-9-16)21(14-22(28)29)26-24(31)25-20-7-4-12-27(23(20)30)15-17-5-3-6-19(13-17)32-2/h3-13,21H,14-15H2,1-2H3,(H,28,29)(H2,25,26,31)/t21-/m0/s1. The van der Waals surface area contributed by atoms with Crippen LogP contribution in [-0.4, -0.2) is 28.8 Å². The Labute approximate surface area is 185 Å². The second kappa shape index (κ2) is 10.3. The molecule has 0 spiro atoms. The average molecular weight is 435 g/mol. The number of nitrogens with one attached hydrogen (secondary N) is 2. The summed E-state index contributed by atoms with van der Waals surface area (Å²) >= 11 is 0. The molecule has 0 saturated carbocycles. The fourth-order valence-electron chi connectivity index (χ4n) is 3.27. The van der Waals surface area contributed by atoms with Gasteiger partial charge in [-0.2, -0.15) is 0 Å². The normalized spacial score (nSPS) is 11.4. The van der Waals surface area contributed by atoms with Gasteiger partial charge in [0.2, 0.25) is 0 Å². The van der Waals surface area contributed by atoms with Crippen molar-refractivity contribution in [3.63, 3.8) is 0 Å². The maximum Gasteiger partial charge on any atom is 0.319 e. The van der Waals surface area contributed by atoms with Gasteiger partial charge < -0.3 is 25.0 Å². The summed E-state index contributed by atoms with van der Waals surface area (Å²) in [5.41, 5.74) is 2.26. The third-order valence-electron chi connectivity index (χ3n) is 4.92. The molecule has 2 amide bonds. The molecule has 3 rings (SSSR count). The van der Waals surface area contributed by atoms with E-state index in [2.05, 4.69) is 10.6 Å². The van der Waals surface area contributed by atoms with Crippen LogP contribution in [0.5, 0.6) is 5.75 Å². The van der Waals surface area contributed by atoms with E-state index in [9.17, 15) is 19.5 Å². The molecule has 1 aromatic heterocycles. The molecular weight excluding hydrogens is 410 g/mol. The van der Waals surface area contributed by atoms with Crippen LogP contribution in [0.15, 0.2) is 71.7 Å². The number of amides is 2. The molecule has 0 unspecified atom stereocenters. The van der Waals surface area contributed by atoms with E-state index < -0.39 is 18.0 Å². The van der Waals surface area contributed by atoms with Gasteiger partial charge >= 0.3 is 12.0 Å². The van der Waals surface area contributed by atoms with Crippen LogP contribution in [0.4, 0.5) is 10.5 Å². The van der Waals surface area contributed by atoms with Crippen molar-refractivity contribution < 1.29 is 19.4 Å². The molecule has 8 heteroatoms. The molecule has 1 heterocycles. The number of anilines is 1. The van der Waals surface area contributed by atoms with Crippen LogP contribution in [-0.2, 0) is 11.3 Å². The number of aliphatic carboxylic acids is 1. The summed E-state index contributed by atoms with van der Waals surface area (Å²) in [6.45, 7) is 2.22. The number of pyridine rings is 1. The Balaban J connectivity index is 1.74. The zero-order valence-electron chi connectivity index (χ0n) is 17.9. The van der Waals surface area contributed by atoms with Crippen molar-refractivity contribution in [2.24, 2.45) is 0 Å². The highest BCUT2D eigenvalue weighted by Crippen LogP contribution is 2.18. The third kappa shape index (κ3) is 5.98. The predicted octanol–water partition coefficient (Wildman–Crippen LogP) is 3.55. The van der Waals surface area contributed by atoms with Gasteiger partial charge in [-0.05, 0) is 42.3 Å². The molecule has 0 aliphatic rings. The summed E-state index contributed by atoms with van der Waals surface area (Å²) in [5.74, 6) is -0.360. The fourth-order valence-corrected chi connectivity index (χ4v) is 3.27. The maximum absolute atomic E-state index is 12.8. The number of ether oxygens (including phenoxy) is 1. The van der Waals surface area contributed by atoms with Crippen LogP contribution in [0, 0.1) is 6.92 Å². The maximum atomic E-state index is 12.8. The van der Waals surface area contributed by atoms with Crippen molar-refractivity contribution in [2.75, 3.05) is 12.4 Å². The molecule has 1 atom stereocenters. The number of aromatic nitrogens is 1. The van der Waals surface area contributed by atoms with Crippen LogP contribution in [0.1, 0.15) is 29.2 Å². The lowest BCUT2D eigenvalue weighted by atomic mass is 10.0. The number of carbonyl (C=O) groups is 2. The lowest BCUT2D eigenvalue weighted by Crippen LogP contribution is -2.36. The SMILES string of the molecule is COc1cccc(Cn2cccc(NC(=O)N[C@@H](CC(=O)O)c3ccc(C)cc3)c2=O)c1. The number of carboxylic acid groups (broad SMARTS) is 1. The number of carboxylic acids is 1. The highest BCUT2D eigenvalue weighted by atomic mass is 16.5. The summed E-state index contributed by atoms with van der Waals surface area (Å²) in [6.07, 6.45) is 1.34. The molecule has 0 saturated heterocycles. The molecular formula is C24H25N3O5. The minimum absolute atomic E-state index is 0.0888. The Bertz CT molecular complexity index is 1150. The number of nitrogens with zero attached hydrogens (tertiary/aromatic N) is 1. The number of carbonyl (C=O) groups excluding carboxylic acids is 1. The fraction of sp³-hybridized carbons (Fsp3) is 0.208. The summed E-state index contributed by atoms with van der Waals surface area (Å²) in [7, 11) is 1.57. The van der Waals surface area contributed by atoms with Gasteiger partial charge in [0.25, 0.3) is 5.56 Å². The van der Waals surface area contributed by atoms with Crippen molar-refractivity contribution in [2.45, 2.75) is 25.9 Å². The van der Waals surface area contributed by atoms with E-state index in [1.807, 2.05) is 43.3 Å². The summed E-state index contributed by atoms with van der Waals surface area (Å²) in [5, 5.41) is 14.4. The van der Waals surface area contributed by atoms with Gasteiger partial charge in [-0.3, -0.25) is 9.59 Å². The number of hydrogen-bond acceptors (Lipinski definition) is 4. The van der Waals surface area contributed by atoms with Crippen LogP contribution in [0.2, 0.25) is 0 Å². The average Bonchev–Trinajstić information content (AvgIpc) is 2.76. The first kappa shape index (κ1) is 22.6. The van der Waals surface area contributed by atoms with Crippen molar-refractivity contribution >= 4 is 17.7 Å². The van der Waals surface area contributed by atoms with Crippen molar-refractivity contribution in [3.8, 4) is 5.75 Å². The molecule has 0 fully saturated rings. The van der Waals surface area contributed by atoms with Gasteiger partial charge in [-0.15, -0.1) is 0 Å². The van der Waals surface area contributed by atoms with Gasteiger partial charge in [0.05, 0.1) is 26.1 Å². The number of methoxy groups -OCH3 is 1. The van der Waals surface area contributed by atoms with Crippen molar-refractivity contribution in [1.82, 2.24) is 9.88 Å². The van der Waals surface area contributed by atoms with E-state index in [0.717, 1.165) is 11.1 Å². The minimum Gasteiger partial charge on any atom is -0.497 e. The zero-order chi connectivity index (χ0) is 23.1. The van der Waals surface area contributed by atoms with Crippen LogP contribution < -0.4 is 20.9 Å². The van der Waals surface area contributed by atoms with Crippen LogP contribution in [0.25, 0.3) is 0 Å². The Morgan fingerprint density at radius 1 is 1.09 bits per heavy atom. The summed E-state index contributed by atoms with van der Waals surface area (Å²) in [4.78, 5) is 36.7. The topological polar surface area (TPSA) is 110 Å². The van der Waals surface area contributed by atoms with Crippen molar-refractivity contribution in [3.05, 3.63) is 93.9 Å². The largest absolute Gasteiger partial charge is 0.497 e. The molecule has 0 aliphatic carbocycles. The summed E-state index contributed by atoms with van der Waals surface area (Å²) in [6, 6.07) is 16.4. The minimum atomic E-state index is -1.05. The molecule has 32 heavy (non-hydrogen) atoms. The van der Waals surface area contributed by atoms with E-state index in [1.165, 1.54) is 10.6 Å². The van der Waals surface area contributed by atoms with E-state index in [0.29, 0.717) is 17.9 Å². The van der Waals surface area contributed by atoms with E-state index in [1.54, 1.807) is 31.5 Å². The Morgan fingerprint density at radius 3 is 2.53 bits per heavy atom. The second-order valence-corrected chi connectivity index (χ2v) is 7.37. The van der Waals surface area contributed by atoms with Gasteiger partial charge in [0, 0.05) is 6.20 Å². The molecule has 0 radical (unpaired) electrons. The number of urea groups is 1. The summed E-state index contributed by atoms with van der Waals surface area (Å²) < 4.78 is 6.68. The van der Waals surface area contributed by atoms with Gasteiger partial charge in [-0.1, -0.05) is 42.0 Å².